The minimum atomic E-state index is -0.197. The summed E-state index contributed by atoms with van der Waals surface area (Å²) in [4.78, 5) is 27.8. The molecule has 0 radical (unpaired) electrons. The molecule has 0 bridgehead atoms. The molecule has 2 N–H and O–H groups in total. The number of hydrogen-bond donors (Lipinski definition) is 2. The molecule has 6 heteroatoms. The highest BCUT2D eigenvalue weighted by Crippen LogP contribution is 2.17. The third kappa shape index (κ3) is 6.88. The zero-order valence-electron chi connectivity index (χ0n) is 19.3. The van der Waals surface area contributed by atoms with Gasteiger partial charge in [0.05, 0.1) is 0 Å². The summed E-state index contributed by atoms with van der Waals surface area (Å²) >= 11 is 2.24. The predicted molar refractivity (Wildman–Crippen MR) is 143 cm³/mol. The van der Waals surface area contributed by atoms with Gasteiger partial charge in [-0.15, -0.1) is 0 Å². The molecular formula is C27H30IN3O2. The number of nitrogens with one attached hydrogen (secondary N) is 2. The molecule has 0 heterocycles. The number of anilines is 1. The first-order chi connectivity index (χ1) is 15.9. The van der Waals surface area contributed by atoms with E-state index in [2.05, 4.69) is 64.1 Å². The molecule has 0 saturated carbocycles. The summed E-state index contributed by atoms with van der Waals surface area (Å²) in [7, 11) is 0. The second-order valence-electron chi connectivity index (χ2n) is 7.91. The van der Waals surface area contributed by atoms with Crippen LogP contribution in [0.4, 0.5) is 5.69 Å². The zero-order chi connectivity index (χ0) is 23.8. The second kappa shape index (κ2) is 12.0. The molecule has 0 aliphatic rings. The third-order valence-corrected chi connectivity index (χ3v) is 6.86. The van der Waals surface area contributed by atoms with Crippen molar-refractivity contribution in [2.24, 2.45) is 0 Å². The minimum absolute atomic E-state index is 0.172. The molecule has 3 rings (SSSR count). The average molecular weight is 555 g/mol. The molecule has 2 amide bonds. The van der Waals surface area contributed by atoms with E-state index in [-0.39, 0.29) is 11.8 Å². The molecule has 0 aliphatic carbocycles. The van der Waals surface area contributed by atoms with E-state index in [1.165, 1.54) is 5.56 Å². The van der Waals surface area contributed by atoms with Crippen molar-refractivity contribution < 1.29 is 9.59 Å². The van der Waals surface area contributed by atoms with Gasteiger partial charge in [0, 0.05) is 33.5 Å². The Balaban J connectivity index is 1.65. The topological polar surface area (TPSA) is 61.4 Å². The normalized spacial score (nSPS) is 10.8. The van der Waals surface area contributed by atoms with Gasteiger partial charge < -0.3 is 10.6 Å². The van der Waals surface area contributed by atoms with E-state index in [1.807, 2.05) is 31.2 Å². The Morgan fingerprint density at radius 1 is 0.848 bits per heavy atom. The van der Waals surface area contributed by atoms with Crippen molar-refractivity contribution in [3.63, 3.8) is 0 Å². The Kier molecular flexibility index (Phi) is 9.03. The summed E-state index contributed by atoms with van der Waals surface area (Å²) < 4.78 is 1.11. The van der Waals surface area contributed by atoms with Crippen molar-refractivity contribution in [2.75, 3.05) is 18.4 Å². The van der Waals surface area contributed by atoms with Gasteiger partial charge in [0.1, 0.15) is 0 Å². The molecule has 3 aromatic rings. The smallest absolute Gasteiger partial charge is 0.255 e. The van der Waals surface area contributed by atoms with E-state index in [0.717, 1.165) is 34.3 Å². The predicted octanol–water partition coefficient (Wildman–Crippen LogP) is 5.62. The van der Waals surface area contributed by atoms with E-state index < -0.39 is 0 Å². The maximum absolute atomic E-state index is 12.8. The van der Waals surface area contributed by atoms with Gasteiger partial charge in [-0.3, -0.25) is 14.5 Å². The van der Waals surface area contributed by atoms with E-state index in [9.17, 15) is 9.59 Å². The molecule has 0 atom stereocenters. The number of aryl methyl sites for hydroxylation is 1. The Morgan fingerprint density at radius 2 is 1.55 bits per heavy atom. The van der Waals surface area contributed by atoms with Gasteiger partial charge in [-0.1, -0.05) is 44.2 Å². The first-order valence-electron chi connectivity index (χ1n) is 11.2. The lowest BCUT2D eigenvalue weighted by molar-refractivity contribution is 0.0949. The molecule has 0 aliphatic heterocycles. The number of halogens is 1. The van der Waals surface area contributed by atoms with Crippen molar-refractivity contribution in [1.29, 1.82) is 0 Å². The lowest BCUT2D eigenvalue weighted by Crippen LogP contribution is -2.26. The quantitative estimate of drug-likeness (QED) is 0.337. The summed E-state index contributed by atoms with van der Waals surface area (Å²) in [5, 5.41) is 5.91. The lowest BCUT2D eigenvalue weighted by Gasteiger charge is -2.20. The number of rotatable bonds is 9. The van der Waals surface area contributed by atoms with Crippen molar-refractivity contribution >= 4 is 40.1 Å². The van der Waals surface area contributed by atoms with Crippen molar-refractivity contribution in [1.82, 2.24) is 10.2 Å². The number of carbonyl (C=O) groups is 2. The summed E-state index contributed by atoms with van der Waals surface area (Å²) in [6, 6.07) is 20.8. The van der Waals surface area contributed by atoms with Crippen molar-refractivity contribution in [3.8, 4) is 0 Å². The second-order valence-corrected chi connectivity index (χ2v) is 9.07. The molecule has 0 aromatic heterocycles. The molecule has 0 saturated heterocycles. The lowest BCUT2D eigenvalue weighted by atomic mass is 10.1. The number of amides is 2. The number of benzene rings is 3. The van der Waals surface area contributed by atoms with Crippen LogP contribution in [0, 0.1) is 10.5 Å². The Morgan fingerprint density at radius 3 is 2.24 bits per heavy atom. The number of hydrogen-bond acceptors (Lipinski definition) is 3. The molecule has 5 nitrogen and oxygen atoms in total. The fourth-order valence-electron chi connectivity index (χ4n) is 3.58. The van der Waals surface area contributed by atoms with Gasteiger partial charge in [0.25, 0.3) is 11.8 Å². The summed E-state index contributed by atoms with van der Waals surface area (Å²) in [5.74, 6) is -0.369. The molecule has 172 valence electrons. The van der Waals surface area contributed by atoms with Crippen LogP contribution in [0.3, 0.4) is 0 Å². The van der Waals surface area contributed by atoms with E-state index in [1.54, 1.807) is 30.3 Å². The highest BCUT2D eigenvalue weighted by molar-refractivity contribution is 14.1. The summed E-state index contributed by atoms with van der Waals surface area (Å²) in [6.07, 6.45) is 0. The highest BCUT2D eigenvalue weighted by atomic mass is 127. The fourth-order valence-corrected chi connectivity index (χ4v) is 3.91. The summed E-state index contributed by atoms with van der Waals surface area (Å²) in [5.41, 5.74) is 5.07. The van der Waals surface area contributed by atoms with Crippen LogP contribution >= 0.6 is 22.6 Å². The van der Waals surface area contributed by atoms with Crippen molar-refractivity contribution in [2.45, 2.75) is 33.9 Å². The largest absolute Gasteiger partial charge is 0.348 e. The third-order valence-electron chi connectivity index (χ3n) is 5.65. The maximum atomic E-state index is 12.8. The fraction of sp³-hybridized carbons (Fsp3) is 0.259. The molecule has 0 spiro atoms. The minimum Gasteiger partial charge on any atom is -0.348 e. The van der Waals surface area contributed by atoms with Crippen LogP contribution < -0.4 is 10.6 Å². The van der Waals surface area contributed by atoms with Gasteiger partial charge >= 0.3 is 0 Å². The van der Waals surface area contributed by atoms with Crippen LogP contribution in [0.5, 0.6) is 0 Å². The van der Waals surface area contributed by atoms with Crippen molar-refractivity contribution in [3.05, 3.63) is 98.1 Å². The Labute approximate surface area is 209 Å². The van der Waals surface area contributed by atoms with Gasteiger partial charge in [0.2, 0.25) is 0 Å². The van der Waals surface area contributed by atoms with Gasteiger partial charge in [-0.25, -0.2) is 0 Å². The van der Waals surface area contributed by atoms with Crippen LogP contribution in [-0.2, 0) is 13.1 Å². The first kappa shape index (κ1) is 24.9. The van der Waals surface area contributed by atoms with E-state index >= 15 is 0 Å². The average Bonchev–Trinajstić information content (AvgIpc) is 2.83. The Bertz CT molecular complexity index is 1130. The maximum Gasteiger partial charge on any atom is 0.255 e. The van der Waals surface area contributed by atoms with Crippen LogP contribution in [0.15, 0.2) is 66.7 Å². The molecule has 0 fully saturated rings. The summed E-state index contributed by atoms with van der Waals surface area (Å²) in [6.45, 7) is 9.56. The standard InChI is InChI=1S/C27H30IN3O2/c1-4-31(5-2)18-23-10-7-6-9-22(23)17-29-26(32)20-11-8-12-24(16-20)30-27(33)21-13-14-25(28)19(3)15-21/h6-16H,4-5,17-18H2,1-3H3,(H,29,32)(H,30,33). The monoisotopic (exact) mass is 555 g/mol. The highest BCUT2D eigenvalue weighted by Gasteiger charge is 2.12. The Hall–Kier alpha value is -2.71. The van der Waals surface area contributed by atoms with Crippen LogP contribution in [-0.4, -0.2) is 29.8 Å². The zero-order valence-corrected chi connectivity index (χ0v) is 21.5. The SMILES string of the molecule is CCN(CC)Cc1ccccc1CNC(=O)c1cccc(NC(=O)c2ccc(I)c(C)c2)c1. The van der Waals surface area contributed by atoms with Crippen LogP contribution in [0.1, 0.15) is 51.3 Å². The molecule has 3 aromatic carbocycles. The first-order valence-corrected chi connectivity index (χ1v) is 12.2. The molecule has 33 heavy (non-hydrogen) atoms. The van der Waals surface area contributed by atoms with Gasteiger partial charge in [0.15, 0.2) is 0 Å². The molecular weight excluding hydrogens is 525 g/mol. The molecule has 0 unspecified atom stereocenters. The van der Waals surface area contributed by atoms with Crippen LogP contribution in [0.2, 0.25) is 0 Å². The number of carbonyl (C=O) groups excluding carboxylic acids is 2. The van der Waals surface area contributed by atoms with Crippen LogP contribution in [0.25, 0.3) is 0 Å². The number of nitrogens with zero attached hydrogens (tertiary/aromatic N) is 1. The van der Waals surface area contributed by atoms with E-state index in [4.69, 9.17) is 0 Å². The van der Waals surface area contributed by atoms with Gasteiger partial charge in [-0.2, -0.15) is 0 Å². The van der Waals surface area contributed by atoms with Gasteiger partial charge in [-0.05, 0) is 95.7 Å². The van der Waals surface area contributed by atoms with E-state index in [0.29, 0.717) is 23.4 Å².